The third-order valence-corrected chi connectivity index (χ3v) is 5.55. The Morgan fingerprint density at radius 2 is 1.68 bits per heavy atom. The first-order valence-electron chi connectivity index (χ1n) is 10.9. The normalized spacial score (nSPS) is 11.9. The number of halogens is 1. The molecule has 9 nitrogen and oxygen atoms in total. The van der Waals surface area contributed by atoms with Crippen LogP contribution in [-0.2, 0) is 13.0 Å². The topological polar surface area (TPSA) is 118 Å². The van der Waals surface area contributed by atoms with Gasteiger partial charge in [-0.2, -0.15) is 9.60 Å². The van der Waals surface area contributed by atoms with Gasteiger partial charge in [0.1, 0.15) is 11.3 Å². The molecule has 10 heteroatoms. The number of hydrogen-bond donors (Lipinski definition) is 2. The van der Waals surface area contributed by atoms with Gasteiger partial charge in [0.2, 0.25) is 5.82 Å². The van der Waals surface area contributed by atoms with Gasteiger partial charge in [0.15, 0.2) is 5.52 Å². The molecular weight excluding hydrogens is 435 g/mol. The molecule has 0 aliphatic heterocycles. The van der Waals surface area contributed by atoms with Crippen LogP contribution in [0, 0.1) is 11.4 Å². The lowest BCUT2D eigenvalue weighted by Crippen LogP contribution is -2.18. The van der Waals surface area contributed by atoms with Crippen molar-refractivity contribution in [2.45, 2.75) is 33.7 Å². The average Bonchev–Trinajstić information content (AvgIpc) is 3.45. The molecule has 0 saturated heterocycles. The number of H-pyrrole nitrogens is 2. The molecule has 2 aromatic carbocycles. The Hall–Kier alpha value is -4.21. The summed E-state index contributed by atoms with van der Waals surface area (Å²) < 4.78 is 16.3. The van der Waals surface area contributed by atoms with Gasteiger partial charge in [-0.1, -0.05) is 69.3 Å². The molecule has 0 aliphatic rings. The lowest BCUT2D eigenvalue weighted by atomic mass is 9.91. The van der Waals surface area contributed by atoms with Crippen LogP contribution in [0.4, 0.5) is 4.39 Å². The monoisotopic (exact) mass is 458 g/mol. The highest BCUT2D eigenvalue weighted by molar-refractivity contribution is 5.82. The van der Waals surface area contributed by atoms with Gasteiger partial charge >= 0.3 is 0 Å². The highest BCUT2D eigenvalue weighted by Crippen LogP contribution is 2.33. The van der Waals surface area contributed by atoms with E-state index in [9.17, 15) is 9.18 Å². The van der Waals surface area contributed by atoms with Crippen LogP contribution in [0.1, 0.15) is 32.2 Å². The smallest absolute Gasteiger partial charge is 0.290 e. The number of fused-ring (bicyclic) bond motifs is 1. The zero-order valence-corrected chi connectivity index (χ0v) is 19.0. The van der Waals surface area contributed by atoms with Crippen LogP contribution in [0.2, 0.25) is 0 Å². The molecule has 0 spiro atoms. The first-order chi connectivity index (χ1) is 16.3. The Morgan fingerprint density at radius 1 is 0.971 bits per heavy atom. The summed E-state index contributed by atoms with van der Waals surface area (Å²) in [4.78, 5) is 17.2. The Balaban J connectivity index is 1.69. The zero-order chi connectivity index (χ0) is 23.9. The molecule has 0 aliphatic carbocycles. The second-order valence-electron chi connectivity index (χ2n) is 9.33. The number of nitrogens with one attached hydrogen (secondary N) is 2. The largest absolute Gasteiger partial charge is 0.319 e. The zero-order valence-electron chi connectivity index (χ0n) is 19.0. The molecule has 0 unspecified atom stereocenters. The molecule has 3 aromatic heterocycles. The lowest BCUT2D eigenvalue weighted by Gasteiger charge is -2.20. The number of hydrogen-bond acceptors (Lipinski definition) is 6. The van der Waals surface area contributed by atoms with Gasteiger partial charge in [-0.05, 0) is 27.3 Å². The van der Waals surface area contributed by atoms with E-state index < -0.39 is 11.5 Å². The molecule has 0 amide bonds. The number of nitrogens with zero attached hydrogens (tertiary/aromatic N) is 6. The fourth-order valence-electron chi connectivity index (χ4n) is 4.14. The standard InChI is InChI=1S/C24H23FN8O/c1-24(2,3)12-18-26-19-20(23(34)30-27-21(19)25)33(18)13-14-8-4-5-9-15(14)16-10-6-7-11-17(16)22-28-31-32-29-22/h4-11H,12-13H2,1-3H3,(H,30,34)(H,28,29,31,32). The molecule has 0 saturated carbocycles. The van der Waals surface area contributed by atoms with Crippen molar-refractivity contribution in [3.8, 4) is 22.5 Å². The molecule has 0 bridgehead atoms. The van der Waals surface area contributed by atoms with E-state index >= 15 is 0 Å². The van der Waals surface area contributed by atoms with Crippen molar-refractivity contribution in [2.75, 3.05) is 0 Å². The molecule has 2 N–H and O–H groups in total. The van der Waals surface area contributed by atoms with Crippen molar-refractivity contribution >= 4 is 11.0 Å². The van der Waals surface area contributed by atoms with E-state index in [4.69, 9.17) is 0 Å². The van der Waals surface area contributed by atoms with Crippen molar-refractivity contribution in [3.63, 3.8) is 0 Å². The summed E-state index contributed by atoms with van der Waals surface area (Å²) in [5, 5.41) is 20.2. The maximum atomic E-state index is 14.5. The van der Waals surface area contributed by atoms with Crippen LogP contribution < -0.4 is 5.56 Å². The third-order valence-electron chi connectivity index (χ3n) is 5.55. The van der Waals surface area contributed by atoms with Gasteiger partial charge in [-0.25, -0.2) is 10.1 Å². The highest BCUT2D eigenvalue weighted by Gasteiger charge is 2.23. The molecule has 0 atom stereocenters. The number of benzene rings is 2. The number of rotatable bonds is 5. The Kier molecular flexibility index (Phi) is 5.27. The average molecular weight is 459 g/mol. The molecule has 172 valence electrons. The van der Waals surface area contributed by atoms with Crippen molar-refractivity contribution < 1.29 is 4.39 Å². The van der Waals surface area contributed by atoms with E-state index in [1.165, 1.54) is 0 Å². The predicted molar refractivity (Wildman–Crippen MR) is 125 cm³/mol. The Labute approximate surface area is 194 Å². The van der Waals surface area contributed by atoms with Gasteiger partial charge in [0.25, 0.3) is 11.5 Å². The quantitative estimate of drug-likeness (QED) is 0.414. The number of tetrazole rings is 1. The van der Waals surface area contributed by atoms with Crippen LogP contribution >= 0.6 is 0 Å². The van der Waals surface area contributed by atoms with E-state index in [-0.39, 0.29) is 16.4 Å². The molecule has 34 heavy (non-hydrogen) atoms. The van der Waals surface area contributed by atoms with Crippen molar-refractivity contribution in [1.29, 1.82) is 0 Å². The van der Waals surface area contributed by atoms with Gasteiger partial charge in [0.05, 0.1) is 6.54 Å². The summed E-state index contributed by atoms with van der Waals surface area (Å²) >= 11 is 0. The summed E-state index contributed by atoms with van der Waals surface area (Å²) in [6.07, 6.45) is 0.558. The second kappa shape index (κ2) is 8.29. The molecule has 0 fully saturated rings. The minimum atomic E-state index is -0.792. The molecule has 3 heterocycles. The summed E-state index contributed by atoms with van der Waals surface area (Å²) in [7, 11) is 0. The summed E-state index contributed by atoms with van der Waals surface area (Å²) in [6.45, 7) is 6.55. The summed E-state index contributed by atoms with van der Waals surface area (Å²) in [6, 6.07) is 15.7. The van der Waals surface area contributed by atoms with E-state index in [0.717, 1.165) is 22.3 Å². The van der Waals surface area contributed by atoms with E-state index in [1.54, 1.807) is 4.57 Å². The summed E-state index contributed by atoms with van der Waals surface area (Å²) in [5.74, 6) is 0.317. The maximum Gasteiger partial charge on any atom is 0.290 e. The molecule has 5 aromatic rings. The Bertz CT molecular complexity index is 1530. The van der Waals surface area contributed by atoms with E-state index in [2.05, 4.69) is 56.6 Å². The second-order valence-corrected chi connectivity index (χ2v) is 9.33. The minimum Gasteiger partial charge on any atom is -0.319 e. The first-order valence-corrected chi connectivity index (χ1v) is 10.9. The van der Waals surface area contributed by atoms with Crippen LogP contribution in [-0.4, -0.2) is 40.4 Å². The van der Waals surface area contributed by atoms with Crippen LogP contribution in [0.15, 0.2) is 53.3 Å². The van der Waals surface area contributed by atoms with E-state index in [0.29, 0.717) is 24.6 Å². The van der Waals surface area contributed by atoms with Gasteiger partial charge in [0, 0.05) is 12.0 Å². The van der Waals surface area contributed by atoms with Crippen LogP contribution in [0.3, 0.4) is 0 Å². The SMILES string of the molecule is CC(C)(C)Cc1nc2c(F)n[nH]c(=O)c2n1Cc1ccccc1-c1ccccc1-c1nn[nH]n1. The van der Waals surface area contributed by atoms with Crippen LogP contribution in [0.5, 0.6) is 0 Å². The number of aromatic amines is 2. The number of imidazole rings is 1. The first kappa shape index (κ1) is 21.6. The van der Waals surface area contributed by atoms with Gasteiger partial charge in [-0.15, -0.1) is 15.3 Å². The van der Waals surface area contributed by atoms with Gasteiger partial charge in [-0.3, -0.25) is 4.79 Å². The van der Waals surface area contributed by atoms with Crippen molar-refractivity contribution in [2.24, 2.45) is 5.41 Å². The minimum absolute atomic E-state index is 0.0207. The highest BCUT2D eigenvalue weighted by atomic mass is 19.1. The van der Waals surface area contributed by atoms with Crippen molar-refractivity contribution in [1.82, 2.24) is 40.4 Å². The van der Waals surface area contributed by atoms with Crippen LogP contribution in [0.25, 0.3) is 33.5 Å². The summed E-state index contributed by atoms with van der Waals surface area (Å²) in [5.41, 5.74) is 3.17. The number of aromatic nitrogens is 8. The predicted octanol–water partition coefficient (Wildman–Crippen LogP) is 3.74. The molecule has 0 radical (unpaired) electrons. The molecular formula is C24H23FN8O. The third kappa shape index (κ3) is 3.98. The van der Waals surface area contributed by atoms with Gasteiger partial charge < -0.3 is 4.57 Å². The van der Waals surface area contributed by atoms with E-state index in [1.807, 2.05) is 48.5 Å². The Morgan fingerprint density at radius 3 is 2.38 bits per heavy atom. The lowest BCUT2D eigenvalue weighted by molar-refractivity contribution is 0.394. The molecule has 5 rings (SSSR count). The fourth-order valence-corrected chi connectivity index (χ4v) is 4.14. The fraction of sp³-hybridized carbons (Fsp3) is 0.250. The van der Waals surface area contributed by atoms with Crippen molar-refractivity contribution in [3.05, 3.63) is 76.2 Å². The maximum absolute atomic E-state index is 14.5.